The number of rotatable bonds is 4. The lowest BCUT2D eigenvalue weighted by molar-refractivity contribution is 0.0856. The SMILES string of the molecule is CCOC(=O)N1CCC(NC(=O)c2cc(C)n(-c3ccccc3F)n2)CC1. The van der Waals surface area contributed by atoms with Crippen LogP contribution < -0.4 is 5.32 Å². The Morgan fingerprint density at radius 1 is 1.30 bits per heavy atom. The Kier molecular flexibility index (Phi) is 5.73. The largest absolute Gasteiger partial charge is 0.450 e. The number of amides is 2. The van der Waals surface area contributed by atoms with Gasteiger partial charge < -0.3 is 15.0 Å². The van der Waals surface area contributed by atoms with Crippen molar-refractivity contribution in [1.29, 1.82) is 0 Å². The minimum Gasteiger partial charge on any atom is -0.450 e. The van der Waals surface area contributed by atoms with Crippen molar-refractivity contribution in [3.63, 3.8) is 0 Å². The second kappa shape index (κ2) is 8.20. The molecular weight excluding hydrogens is 351 g/mol. The number of piperidine rings is 1. The first-order valence-electron chi connectivity index (χ1n) is 9.03. The maximum absolute atomic E-state index is 14.0. The molecule has 1 aliphatic heterocycles. The topological polar surface area (TPSA) is 76.5 Å². The Morgan fingerprint density at radius 3 is 2.67 bits per heavy atom. The van der Waals surface area contributed by atoms with Crippen molar-refractivity contribution in [1.82, 2.24) is 20.0 Å². The summed E-state index contributed by atoms with van der Waals surface area (Å²) in [5, 5.41) is 7.20. The number of carbonyl (C=O) groups is 2. The number of ether oxygens (including phenoxy) is 1. The van der Waals surface area contributed by atoms with Crippen LogP contribution in [-0.2, 0) is 4.74 Å². The smallest absolute Gasteiger partial charge is 0.409 e. The van der Waals surface area contributed by atoms with Crippen LogP contribution in [0.1, 0.15) is 35.9 Å². The zero-order valence-electron chi connectivity index (χ0n) is 15.4. The fraction of sp³-hybridized carbons (Fsp3) is 0.421. The molecule has 0 bridgehead atoms. The van der Waals surface area contributed by atoms with Crippen molar-refractivity contribution in [3.8, 4) is 5.69 Å². The van der Waals surface area contributed by atoms with Crippen LogP contribution in [0.3, 0.4) is 0 Å². The molecule has 2 amide bonds. The highest BCUT2D eigenvalue weighted by molar-refractivity contribution is 5.92. The predicted octanol–water partition coefficient (Wildman–Crippen LogP) is 2.67. The molecule has 1 N–H and O–H groups in total. The molecular formula is C19H23FN4O3. The summed E-state index contributed by atoms with van der Waals surface area (Å²) in [4.78, 5) is 25.9. The number of aromatic nitrogens is 2. The Bertz CT molecular complexity index is 828. The van der Waals surface area contributed by atoms with Gasteiger partial charge in [-0.25, -0.2) is 13.9 Å². The van der Waals surface area contributed by atoms with E-state index in [0.717, 1.165) is 0 Å². The predicted molar refractivity (Wildman–Crippen MR) is 97.3 cm³/mol. The molecule has 0 aliphatic carbocycles. The Morgan fingerprint density at radius 2 is 2.00 bits per heavy atom. The number of carbonyl (C=O) groups excluding carboxylic acids is 2. The van der Waals surface area contributed by atoms with Crippen LogP contribution in [0.4, 0.5) is 9.18 Å². The molecule has 2 heterocycles. The van der Waals surface area contributed by atoms with E-state index in [1.807, 2.05) is 0 Å². The van der Waals surface area contributed by atoms with Gasteiger partial charge in [-0.1, -0.05) is 12.1 Å². The van der Waals surface area contributed by atoms with Gasteiger partial charge in [0.05, 0.1) is 6.61 Å². The van der Waals surface area contributed by atoms with Crippen molar-refractivity contribution in [2.75, 3.05) is 19.7 Å². The van der Waals surface area contributed by atoms with Gasteiger partial charge in [-0.05, 0) is 44.9 Å². The van der Waals surface area contributed by atoms with Crippen LogP contribution in [0, 0.1) is 12.7 Å². The summed E-state index contributed by atoms with van der Waals surface area (Å²) in [7, 11) is 0. The van der Waals surface area contributed by atoms with Crippen molar-refractivity contribution in [2.45, 2.75) is 32.7 Å². The molecule has 144 valence electrons. The third-order valence-corrected chi connectivity index (χ3v) is 4.56. The van der Waals surface area contributed by atoms with Gasteiger partial charge in [0.25, 0.3) is 5.91 Å². The molecule has 0 saturated carbocycles. The quantitative estimate of drug-likeness (QED) is 0.893. The molecule has 1 fully saturated rings. The minimum atomic E-state index is -0.401. The molecule has 1 aromatic heterocycles. The van der Waals surface area contributed by atoms with E-state index in [1.54, 1.807) is 43.0 Å². The Hall–Kier alpha value is -2.90. The number of nitrogens with zero attached hydrogens (tertiary/aromatic N) is 3. The van der Waals surface area contributed by atoms with Crippen LogP contribution in [0.15, 0.2) is 30.3 Å². The maximum Gasteiger partial charge on any atom is 0.409 e. The van der Waals surface area contributed by atoms with Crippen molar-refractivity contribution in [3.05, 3.63) is 47.5 Å². The van der Waals surface area contributed by atoms with Crippen molar-refractivity contribution >= 4 is 12.0 Å². The molecule has 2 aromatic rings. The molecule has 0 radical (unpaired) electrons. The van der Waals surface area contributed by atoms with Gasteiger partial charge >= 0.3 is 6.09 Å². The number of halogens is 1. The summed E-state index contributed by atoms with van der Waals surface area (Å²) >= 11 is 0. The molecule has 0 unspecified atom stereocenters. The van der Waals surface area contributed by atoms with Crippen LogP contribution in [-0.4, -0.2) is 52.4 Å². The van der Waals surface area contributed by atoms with Crippen molar-refractivity contribution < 1.29 is 18.7 Å². The molecule has 1 aliphatic rings. The zero-order chi connectivity index (χ0) is 19.4. The Labute approximate surface area is 157 Å². The summed E-state index contributed by atoms with van der Waals surface area (Å²) in [5.41, 5.74) is 1.21. The van der Waals surface area contributed by atoms with E-state index in [0.29, 0.717) is 43.9 Å². The highest BCUT2D eigenvalue weighted by atomic mass is 19.1. The zero-order valence-corrected chi connectivity index (χ0v) is 15.4. The third-order valence-electron chi connectivity index (χ3n) is 4.56. The normalized spacial score (nSPS) is 14.9. The molecule has 0 atom stereocenters. The summed E-state index contributed by atoms with van der Waals surface area (Å²) in [5.74, 6) is -0.704. The van der Waals surface area contributed by atoms with Crippen LogP contribution in [0.25, 0.3) is 5.69 Å². The number of hydrogen-bond acceptors (Lipinski definition) is 4. The first kappa shape index (κ1) is 18.9. The van der Waals surface area contributed by atoms with Gasteiger partial charge in [0.2, 0.25) is 0 Å². The third kappa shape index (κ3) is 4.27. The maximum atomic E-state index is 14.0. The van der Waals surface area contributed by atoms with E-state index in [4.69, 9.17) is 4.74 Å². The van der Waals surface area contributed by atoms with Gasteiger partial charge in [0.15, 0.2) is 5.69 Å². The summed E-state index contributed by atoms with van der Waals surface area (Å²) in [6.45, 7) is 4.96. The van der Waals surface area contributed by atoms with E-state index in [9.17, 15) is 14.0 Å². The highest BCUT2D eigenvalue weighted by Crippen LogP contribution is 2.17. The summed E-state index contributed by atoms with van der Waals surface area (Å²) < 4.78 is 20.4. The standard InChI is InChI=1S/C19H23FN4O3/c1-3-27-19(26)23-10-8-14(9-11-23)21-18(25)16-12-13(2)24(22-16)17-7-5-4-6-15(17)20/h4-7,12,14H,3,8-11H2,1-2H3,(H,21,25). The lowest BCUT2D eigenvalue weighted by Gasteiger charge is -2.31. The number of aryl methyl sites for hydroxylation is 1. The van der Waals surface area contributed by atoms with Gasteiger partial charge in [-0.15, -0.1) is 0 Å². The molecule has 1 aromatic carbocycles. The number of nitrogens with one attached hydrogen (secondary N) is 1. The molecule has 1 saturated heterocycles. The molecule has 8 heteroatoms. The summed E-state index contributed by atoms with van der Waals surface area (Å²) in [6.07, 6.45) is 0.983. The second-order valence-corrected chi connectivity index (χ2v) is 6.47. The average molecular weight is 374 g/mol. The molecule has 27 heavy (non-hydrogen) atoms. The molecule has 3 rings (SSSR count). The number of likely N-dealkylation sites (tertiary alicyclic amines) is 1. The lowest BCUT2D eigenvalue weighted by atomic mass is 10.1. The van der Waals surface area contributed by atoms with E-state index in [-0.39, 0.29) is 23.7 Å². The van der Waals surface area contributed by atoms with E-state index < -0.39 is 5.82 Å². The number of benzene rings is 1. The summed E-state index contributed by atoms with van der Waals surface area (Å²) in [6, 6.07) is 7.89. The Balaban J connectivity index is 1.62. The van der Waals surface area contributed by atoms with E-state index in [2.05, 4.69) is 10.4 Å². The van der Waals surface area contributed by atoms with Gasteiger partial charge in [0.1, 0.15) is 11.5 Å². The average Bonchev–Trinajstić information content (AvgIpc) is 3.04. The van der Waals surface area contributed by atoms with E-state index in [1.165, 1.54) is 10.7 Å². The van der Waals surface area contributed by atoms with Crippen LogP contribution in [0.2, 0.25) is 0 Å². The molecule has 0 spiro atoms. The van der Waals surface area contributed by atoms with Crippen molar-refractivity contribution in [2.24, 2.45) is 0 Å². The fourth-order valence-corrected chi connectivity index (χ4v) is 3.13. The van der Waals surface area contributed by atoms with Gasteiger partial charge in [0, 0.05) is 24.8 Å². The monoisotopic (exact) mass is 374 g/mol. The number of hydrogen-bond donors (Lipinski definition) is 1. The van der Waals surface area contributed by atoms with Gasteiger partial charge in [-0.3, -0.25) is 4.79 Å². The second-order valence-electron chi connectivity index (χ2n) is 6.47. The minimum absolute atomic E-state index is 0.0397. The number of para-hydroxylation sites is 1. The van der Waals surface area contributed by atoms with E-state index >= 15 is 0 Å². The molecule has 7 nitrogen and oxygen atoms in total. The fourth-order valence-electron chi connectivity index (χ4n) is 3.13. The van der Waals surface area contributed by atoms with Crippen LogP contribution >= 0.6 is 0 Å². The lowest BCUT2D eigenvalue weighted by Crippen LogP contribution is -2.46. The first-order valence-corrected chi connectivity index (χ1v) is 9.03. The van der Waals surface area contributed by atoms with Crippen LogP contribution in [0.5, 0.6) is 0 Å². The highest BCUT2D eigenvalue weighted by Gasteiger charge is 2.25. The first-order chi connectivity index (χ1) is 13.0. The van der Waals surface area contributed by atoms with Gasteiger partial charge in [-0.2, -0.15) is 5.10 Å².